The first-order chi connectivity index (χ1) is 13.7. The number of para-hydroxylation sites is 1. The van der Waals surface area contributed by atoms with Crippen LogP contribution in [0, 0.1) is 10.1 Å². The number of benzene rings is 3. The van der Waals surface area contributed by atoms with Gasteiger partial charge in [-0.3, -0.25) is 15.1 Å². The van der Waals surface area contributed by atoms with E-state index in [9.17, 15) is 10.1 Å². The van der Waals surface area contributed by atoms with Gasteiger partial charge in [-0.2, -0.15) is 0 Å². The third-order valence-corrected chi connectivity index (χ3v) is 5.03. The first kappa shape index (κ1) is 16.2. The third-order valence-electron chi connectivity index (χ3n) is 5.03. The Kier molecular flexibility index (Phi) is 3.66. The zero-order valence-electron chi connectivity index (χ0n) is 14.8. The van der Waals surface area contributed by atoms with Gasteiger partial charge in [0.05, 0.1) is 10.5 Å². The van der Waals surface area contributed by atoms with Gasteiger partial charge in [0, 0.05) is 41.0 Å². The number of nitrogens with one attached hydrogen (secondary N) is 1. The lowest BCUT2D eigenvalue weighted by Gasteiger charge is -2.12. The Morgan fingerprint density at radius 2 is 1.43 bits per heavy atom. The molecule has 1 aliphatic rings. The second-order valence-electron chi connectivity index (χ2n) is 6.63. The highest BCUT2D eigenvalue weighted by Gasteiger charge is 2.21. The minimum atomic E-state index is -0.374. The molecule has 1 aliphatic heterocycles. The van der Waals surface area contributed by atoms with Gasteiger partial charge in [-0.15, -0.1) is 0 Å². The van der Waals surface area contributed by atoms with Crippen LogP contribution in [0.25, 0.3) is 33.4 Å². The quantitative estimate of drug-likeness (QED) is 0.305. The smallest absolute Gasteiger partial charge is 0.280 e. The van der Waals surface area contributed by atoms with Crippen LogP contribution in [0.5, 0.6) is 0 Å². The first-order valence-electron chi connectivity index (χ1n) is 8.91. The number of rotatable bonds is 2. The minimum Gasteiger partial charge on any atom is -0.354 e. The van der Waals surface area contributed by atoms with Crippen LogP contribution in [0.3, 0.4) is 0 Å². The Labute approximate surface area is 161 Å². The van der Waals surface area contributed by atoms with Crippen molar-refractivity contribution in [1.82, 2.24) is 4.98 Å². The molecule has 0 unspecified atom stereocenters. The Morgan fingerprint density at radius 1 is 0.750 bits per heavy atom. The topological polar surface area (TPSA) is 68.1 Å². The molecule has 0 saturated carbocycles. The Bertz CT molecular complexity index is 1230. The summed E-state index contributed by atoms with van der Waals surface area (Å²) < 4.78 is 0. The average Bonchev–Trinajstić information content (AvgIpc) is 2.88. The fraction of sp³-hybridized carbons (Fsp3) is 0. The third kappa shape index (κ3) is 2.53. The lowest BCUT2D eigenvalue weighted by Crippen LogP contribution is -1.95. The van der Waals surface area contributed by atoms with Crippen LogP contribution in [0.15, 0.2) is 85.2 Å². The number of anilines is 2. The summed E-state index contributed by atoms with van der Waals surface area (Å²) in [6.45, 7) is 0. The predicted molar refractivity (Wildman–Crippen MR) is 110 cm³/mol. The van der Waals surface area contributed by atoms with Crippen molar-refractivity contribution in [2.45, 2.75) is 0 Å². The standard InChI is InChI=1S/C23H15N3O2/c27-26(28)23-11-12-24-14-20(23)15-9-10-19-17-6-2-1-5-16(17)18-7-3-4-8-21(18)25-22(19)13-15/h1-14,25H. The van der Waals surface area contributed by atoms with Gasteiger partial charge in [-0.25, -0.2) is 0 Å². The summed E-state index contributed by atoms with van der Waals surface area (Å²) in [5.41, 5.74) is 7.69. The number of hydrogen-bond acceptors (Lipinski definition) is 4. The molecule has 134 valence electrons. The largest absolute Gasteiger partial charge is 0.354 e. The molecule has 1 N–H and O–H groups in total. The lowest BCUT2D eigenvalue weighted by atomic mass is 9.93. The molecule has 0 amide bonds. The van der Waals surface area contributed by atoms with E-state index in [-0.39, 0.29) is 10.6 Å². The lowest BCUT2D eigenvalue weighted by molar-refractivity contribution is -0.384. The summed E-state index contributed by atoms with van der Waals surface area (Å²) in [5.74, 6) is 0. The van der Waals surface area contributed by atoms with Crippen LogP contribution in [0.1, 0.15) is 0 Å². The van der Waals surface area contributed by atoms with Crippen molar-refractivity contribution in [3.05, 3.63) is 95.3 Å². The Hall–Kier alpha value is -3.99. The van der Waals surface area contributed by atoms with E-state index in [1.54, 1.807) is 6.20 Å². The molecular weight excluding hydrogens is 350 g/mol. The van der Waals surface area contributed by atoms with Crippen LogP contribution in [-0.4, -0.2) is 9.91 Å². The molecule has 2 heterocycles. The van der Waals surface area contributed by atoms with Gasteiger partial charge in [0.1, 0.15) is 0 Å². The number of aromatic nitrogens is 1. The zero-order valence-corrected chi connectivity index (χ0v) is 14.8. The monoisotopic (exact) mass is 365 g/mol. The minimum absolute atomic E-state index is 0.0457. The van der Waals surface area contributed by atoms with Gasteiger partial charge in [0.2, 0.25) is 0 Å². The van der Waals surface area contributed by atoms with Gasteiger partial charge in [0.25, 0.3) is 5.69 Å². The normalized spacial score (nSPS) is 11.4. The predicted octanol–water partition coefficient (Wildman–Crippen LogP) is 6.05. The molecule has 1 aromatic heterocycles. The molecule has 0 spiro atoms. The van der Waals surface area contributed by atoms with Crippen molar-refractivity contribution >= 4 is 17.1 Å². The van der Waals surface area contributed by atoms with E-state index in [0.717, 1.165) is 39.2 Å². The van der Waals surface area contributed by atoms with Crippen LogP contribution < -0.4 is 5.32 Å². The number of nitrogens with zero attached hydrogens (tertiary/aromatic N) is 2. The summed E-state index contributed by atoms with van der Waals surface area (Å²) >= 11 is 0. The van der Waals surface area contributed by atoms with E-state index in [1.165, 1.54) is 12.3 Å². The second-order valence-corrected chi connectivity index (χ2v) is 6.63. The molecule has 3 aromatic carbocycles. The highest BCUT2D eigenvalue weighted by Crippen LogP contribution is 2.45. The van der Waals surface area contributed by atoms with Crippen LogP contribution in [0.4, 0.5) is 17.1 Å². The maximum atomic E-state index is 11.4. The van der Waals surface area contributed by atoms with Gasteiger partial charge in [0.15, 0.2) is 0 Å². The molecular formula is C23H15N3O2. The molecule has 0 saturated heterocycles. The molecule has 28 heavy (non-hydrogen) atoms. The van der Waals surface area contributed by atoms with E-state index in [1.807, 2.05) is 48.5 Å². The molecule has 5 nitrogen and oxygen atoms in total. The molecule has 5 rings (SSSR count). The van der Waals surface area contributed by atoms with Gasteiger partial charge < -0.3 is 5.32 Å². The number of hydrogen-bond donors (Lipinski definition) is 1. The van der Waals surface area contributed by atoms with E-state index in [4.69, 9.17) is 0 Å². The van der Waals surface area contributed by atoms with Crippen LogP contribution in [0.2, 0.25) is 0 Å². The number of fused-ring (bicyclic) bond motifs is 5. The van der Waals surface area contributed by atoms with E-state index in [2.05, 4.69) is 28.5 Å². The van der Waals surface area contributed by atoms with Gasteiger partial charge in [-0.1, -0.05) is 54.6 Å². The molecule has 0 bridgehead atoms. The zero-order chi connectivity index (χ0) is 19.1. The summed E-state index contributed by atoms with van der Waals surface area (Å²) in [6, 6.07) is 23.8. The fourth-order valence-electron chi connectivity index (χ4n) is 3.74. The average molecular weight is 365 g/mol. The van der Waals surface area contributed by atoms with Crippen molar-refractivity contribution < 1.29 is 4.92 Å². The highest BCUT2D eigenvalue weighted by molar-refractivity contribution is 5.99. The van der Waals surface area contributed by atoms with Crippen LogP contribution in [-0.2, 0) is 0 Å². The van der Waals surface area contributed by atoms with E-state index >= 15 is 0 Å². The summed E-state index contributed by atoms with van der Waals surface area (Å²) in [6.07, 6.45) is 2.98. The van der Waals surface area contributed by atoms with Crippen molar-refractivity contribution in [2.75, 3.05) is 5.32 Å². The van der Waals surface area contributed by atoms with E-state index < -0.39 is 0 Å². The molecule has 0 aliphatic carbocycles. The maximum Gasteiger partial charge on any atom is 0.280 e. The van der Waals surface area contributed by atoms with Gasteiger partial charge >= 0.3 is 0 Å². The number of nitro groups is 1. The Balaban J connectivity index is 1.75. The summed E-state index contributed by atoms with van der Waals surface area (Å²) in [7, 11) is 0. The highest BCUT2D eigenvalue weighted by atomic mass is 16.6. The SMILES string of the molecule is O=[N+]([O-])c1ccncc1-c1ccc2c(c1)Nc1ccccc1-c1ccccc1-2. The maximum absolute atomic E-state index is 11.4. The van der Waals surface area contributed by atoms with Crippen LogP contribution >= 0.6 is 0 Å². The van der Waals surface area contributed by atoms with Crippen molar-refractivity contribution in [3.63, 3.8) is 0 Å². The molecule has 5 heteroatoms. The number of pyridine rings is 1. The van der Waals surface area contributed by atoms with Crippen molar-refractivity contribution in [3.8, 4) is 33.4 Å². The van der Waals surface area contributed by atoms with E-state index in [0.29, 0.717) is 5.56 Å². The fourth-order valence-corrected chi connectivity index (χ4v) is 3.74. The second kappa shape index (κ2) is 6.32. The molecule has 0 atom stereocenters. The first-order valence-corrected chi connectivity index (χ1v) is 8.91. The van der Waals surface area contributed by atoms with Crippen molar-refractivity contribution in [1.29, 1.82) is 0 Å². The Morgan fingerprint density at radius 3 is 2.18 bits per heavy atom. The summed E-state index contributed by atoms with van der Waals surface area (Å²) in [4.78, 5) is 15.1. The summed E-state index contributed by atoms with van der Waals surface area (Å²) in [5, 5.41) is 14.9. The molecule has 0 fully saturated rings. The van der Waals surface area contributed by atoms with Gasteiger partial charge in [-0.05, 0) is 28.8 Å². The molecule has 4 aromatic rings. The van der Waals surface area contributed by atoms with Crippen molar-refractivity contribution in [2.24, 2.45) is 0 Å². The molecule has 0 radical (unpaired) electrons.